The number of nitriles is 1. The molecule has 0 unspecified atom stereocenters. The maximum Gasteiger partial charge on any atom is 0.100 e. The molecule has 5 heterocycles. The minimum absolute atomic E-state index is 0.542. The Morgan fingerprint density at radius 2 is 0.475 bits per heavy atom. The standard InChI is InChI=1S/C93H70N6/c1-54-25-33-81-71(41-54)72-42-55(2)26-34-82(72)96(81)67-20-11-16-63(49-67)89-79(53-94)90(64-17-12-21-68(50-64)97-83-35-27-56(3)43-73(83)74-44-57(4)28-36-84(74)97)93(80-24-10-15-62(9)95-80)92(66-19-14-23-70(52-66)99-87-39-31-60(7)47-77(87)78-48-61(8)32-40-88(78)99)91(89)65-18-13-22-69(51-65)98-85-37-29-58(5)45-75(85)76-46-59(6)30-38-86(76)98/h10-52H,1-9H3. The fourth-order valence-corrected chi connectivity index (χ4v) is 16.3. The van der Waals surface area contributed by atoms with E-state index in [2.05, 4.69) is 348 Å². The van der Waals surface area contributed by atoms with Gasteiger partial charge in [0.2, 0.25) is 0 Å². The van der Waals surface area contributed by atoms with Gasteiger partial charge in [0.25, 0.3) is 0 Å². The monoisotopic (exact) mass is 1270 g/mol. The van der Waals surface area contributed by atoms with Crippen LogP contribution in [0, 0.1) is 73.6 Å². The topological polar surface area (TPSA) is 56.4 Å². The smallest absolute Gasteiger partial charge is 0.100 e. The molecule has 18 rings (SSSR count). The number of benzene rings is 13. The second-order valence-corrected chi connectivity index (χ2v) is 27.7. The zero-order valence-corrected chi connectivity index (χ0v) is 57.0. The Hall–Kier alpha value is -12.3. The first-order valence-corrected chi connectivity index (χ1v) is 34.3. The van der Waals surface area contributed by atoms with Crippen molar-refractivity contribution in [3.05, 3.63) is 317 Å². The predicted molar refractivity (Wildman–Crippen MR) is 416 cm³/mol. The summed E-state index contributed by atoms with van der Waals surface area (Å²) in [6.45, 7) is 19.5. The third-order valence-corrected chi connectivity index (χ3v) is 20.6. The van der Waals surface area contributed by atoms with Gasteiger partial charge in [-0.1, -0.05) is 148 Å². The highest BCUT2D eigenvalue weighted by molar-refractivity contribution is 6.15. The highest BCUT2D eigenvalue weighted by atomic mass is 15.0. The molecule has 99 heavy (non-hydrogen) atoms. The van der Waals surface area contributed by atoms with E-state index in [9.17, 15) is 5.26 Å². The van der Waals surface area contributed by atoms with Crippen LogP contribution in [-0.4, -0.2) is 23.3 Å². The van der Waals surface area contributed by atoms with Gasteiger partial charge in [-0.25, -0.2) is 0 Å². The second kappa shape index (κ2) is 22.7. The van der Waals surface area contributed by atoms with Gasteiger partial charge in [0.15, 0.2) is 0 Å². The molecule has 6 nitrogen and oxygen atoms in total. The Bertz CT molecular complexity index is 6310. The number of hydrogen-bond donors (Lipinski definition) is 0. The third-order valence-electron chi connectivity index (χ3n) is 20.6. The molecule has 472 valence electrons. The van der Waals surface area contributed by atoms with Crippen LogP contribution in [0.3, 0.4) is 0 Å². The maximum atomic E-state index is 13.0. The number of nitrogens with zero attached hydrogens (tertiary/aromatic N) is 6. The van der Waals surface area contributed by atoms with Crippen LogP contribution in [0.5, 0.6) is 0 Å². The number of hydrogen-bond acceptors (Lipinski definition) is 2. The minimum atomic E-state index is 0.542. The van der Waals surface area contributed by atoms with Crippen LogP contribution in [-0.2, 0) is 0 Å². The van der Waals surface area contributed by atoms with E-state index in [1.54, 1.807) is 0 Å². The van der Waals surface area contributed by atoms with E-state index in [0.717, 1.165) is 128 Å². The Balaban J connectivity index is 1.02. The molecule has 0 fully saturated rings. The Morgan fingerprint density at radius 1 is 0.242 bits per heavy atom. The number of aromatic nitrogens is 5. The van der Waals surface area contributed by atoms with E-state index in [-0.39, 0.29) is 0 Å². The van der Waals surface area contributed by atoms with Crippen molar-refractivity contribution in [3.8, 4) is 84.6 Å². The average Bonchev–Trinajstić information content (AvgIpc) is 1.71. The van der Waals surface area contributed by atoms with Crippen LogP contribution in [0.1, 0.15) is 55.8 Å². The first-order valence-electron chi connectivity index (χ1n) is 34.3. The quantitative estimate of drug-likeness (QED) is 0.145. The van der Waals surface area contributed by atoms with Crippen molar-refractivity contribution in [1.82, 2.24) is 23.3 Å². The van der Waals surface area contributed by atoms with Crippen molar-refractivity contribution in [2.24, 2.45) is 0 Å². The Kier molecular flexibility index (Phi) is 13.6. The second-order valence-electron chi connectivity index (χ2n) is 27.7. The molecule has 0 aliphatic heterocycles. The largest absolute Gasteiger partial charge is 0.309 e. The molecule has 0 bridgehead atoms. The summed E-state index contributed by atoms with van der Waals surface area (Å²) in [5, 5.41) is 22.6. The molecule has 13 aromatic carbocycles. The molecule has 0 saturated carbocycles. The Morgan fingerprint density at radius 3 is 0.727 bits per heavy atom. The van der Waals surface area contributed by atoms with E-state index >= 15 is 0 Å². The first-order chi connectivity index (χ1) is 48.2. The lowest BCUT2D eigenvalue weighted by Gasteiger charge is -2.27. The van der Waals surface area contributed by atoms with E-state index in [4.69, 9.17) is 4.98 Å². The summed E-state index contributed by atoms with van der Waals surface area (Å²) in [7, 11) is 0. The first kappa shape index (κ1) is 59.2. The molecule has 0 spiro atoms. The molecule has 0 amide bonds. The van der Waals surface area contributed by atoms with Gasteiger partial charge >= 0.3 is 0 Å². The molecular weight excluding hydrogens is 1200 g/mol. The molecule has 0 radical (unpaired) electrons. The van der Waals surface area contributed by atoms with Crippen molar-refractivity contribution < 1.29 is 0 Å². The van der Waals surface area contributed by atoms with Crippen LogP contribution >= 0.6 is 0 Å². The molecule has 18 aromatic rings. The van der Waals surface area contributed by atoms with E-state index in [0.29, 0.717) is 5.56 Å². The van der Waals surface area contributed by atoms with Crippen LogP contribution < -0.4 is 0 Å². The van der Waals surface area contributed by atoms with Gasteiger partial charge in [-0.05, 0) is 248 Å². The van der Waals surface area contributed by atoms with Gasteiger partial charge in [-0.2, -0.15) is 5.26 Å². The zero-order valence-electron chi connectivity index (χ0n) is 57.0. The van der Waals surface area contributed by atoms with Crippen molar-refractivity contribution in [3.63, 3.8) is 0 Å². The third kappa shape index (κ3) is 9.48. The lowest BCUT2D eigenvalue weighted by Crippen LogP contribution is -2.05. The number of pyridine rings is 1. The summed E-state index contributed by atoms with van der Waals surface area (Å²) in [5.74, 6) is 0. The lowest BCUT2D eigenvalue weighted by molar-refractivity contribution is 1.17. The van der Waals surface area contributed by atoms with Gasteiger partial charge in [-0.15, -0.1) is 0 Å². The summed E-state index contributed by atoms with van der Waals surface area (Å²) < 4.78 is 9.68. The molecule has 0 atom stereocenters. The summed E-state index contributed by atoms with van der Waals surface area (Å²) in [5.41, 5.74) is 32.9. The maximum absolute atomic E-state index is 13.0. The molecule has 0 N–H and O–H groups in total. The van der Waals surface area contributed by atoms with Crippen molar-refractivity contribution >= 4 is 87.2 Å². The Labute approximate surface area is 575 Å². The predicted octanol–water partition coefficient (Wildman–Crippen LogP) is 24.5. The summed E-state index contributed by atoms with van der Waals surface area (Å²) >= 11 is 0. The van der Waals surface area contributed by atoms with Gasteiger partial charge in [0, 0.05) is 93.8 Å². The molecule has 5 aromatic heterocycles. The van der Waals surface area contributed by atoms with Crippen LogP contribution in [0.2, 0.25) is 0 Å². The van der Waals surface area contributed by atoms with Crippen molar-refractivity contribution in [2.45, 2.75) is 62.3 Å². The molecule has 6 heteroatoms. The molecular formula is C93H70N6. The van der Waals surface area contributed by atoms with Gasteiger partial charge in [0.1, 0.15) is 6.07 Å². The molecule has 0 aliphatic carbocycles. The average molecular weight is 1270 g/mol. The summed E-state index contributed by atoms with van der Waals surface area (Å²) in [6, 6.07) is 99.9. The van der Waals surface area contributed by atoms with E-state index in [1.807, 2.05) is 0 Å². The molecule has 0 aliphatic rings. The lowest BCUT2D eigenvalue weighted by atomic mass is 9.76. The van der Waals surface area contributed by atoms with Gasteiger partial charge in [0.05, 0.1) is 55.4 Å². The SMILES string of the molecule is Cc1ccc2c(c1)c1cc(C)ccc1n2-c1cccc(-c2c(C#N)c(-c3cccc(-n4c5ccc(C)cc5c5cc(C)ccc54)c3)c(-c3cccc(C)n3)c(-c3cccc(-n4c5ccc(C)cc5c5cc(C)ccc54)c3)c2-c2cccc(-n3c4ccc(C)cc4c4cc(C)ccc43)c2)c1. The minimum Gasteiger partial charge on any atom is -0.309 e. The van der Waals surface area contributed by atoms with Crippen molar-refractivity contribution in [2.75, 3.05) is 0 Å². The summed E-state index contributed by atoms with van der Waals surface area (Å²) in [4.78, 5) is 5.60. The summed E-state index contributed by atoms with van der Waals surface area (Å²) in [6.07, 6.45) is 0. The highest BCUT2D eigenvalue weighted by Crippen LogP contribution is 2.54. The van der Waals surface area contributed by atoms with E-state index in [1.165, 1.54) is 87.6 Å². The van der Waals surface area contributed by atoms with Crippen LogP contribution in [0.15, 0.2) is 261 Å². The zero-order chi connectivity index (χ0) is 67.2. The normalized spacial score (nSPS) is 11.9. The van der Waals surface area contributed by atoms with E-state index < -0.39 is 0 Å². The molecule has 0 saturated heterocycles. The van der Waals surface area contributed by atoms with Crippen LogP contribution in [0.25, 0.3) is 166 Å². The number of fused-ring (bicyclic) bond motifs is 12. The number of aryl methyl sites for hydroxylation is 9. The number of rotatable bonds is 9. The fraction of sp³-hybridized carbons (Fsp3) is 0.0968. The highest BCUT2D eigenvalue weighted by Gasteiger charge is 2.31. The van der Waals surface area contributed by atoms with Gasteiger partial charge in [-0.3, -0.25) is 4.98 Å². The van der Waals surface area contributed by atoms with Crippen LogP contribution in [0.4, 0.5) is 0 Å². The fourth-order valence-electron chi connectivity index (χ4n) is 16.3. The van der Waals surface area contributed by atoms with Gasteiger partial charge < -0.3 is 18.3 Å². The van der Waals surface area contributed by atoms with Crippen molar-refractivity contribution in [1.29, 1.82) is 5.26 Å².